The van der Waals surface area contributed by atoms with E-state index in [1.807, 2.05) is 0 Å². The van der Waals surface area contributed by atoms with Crippen LogP contribution >= 0.6 is 0 Å². The van der Waals surface area contributed by atoms with Crippen LogP contribution in [0.3, 0.4) is 0 Å². The molecule has 0 saturated carbocycles. The summed E-state index contributed by atoms with van der Waals surface area (Å²) in [4.78, 5) is 18.9. The molecule has 1 aromatic rings. The van der Waals surface area contributed by atoms with Gasteiger partial charge in [0.05, 0.1) is 11.9 Å². The van der Waals surface area contributed by atoms with Gasteiger partial charge in [0.25, 0.3) is 0 Å². The maximum atomic E-state index is 11.1. The van der Waals surface area contributed by atoms with Crippen LogP contribution in [0.25, 0.3) is 0 Å². The zero-order chi connectivity index (χ0) is 9.68. The van der Waals surface area contributed by atoms with Gasteiger partial charge >= 0.3 is 0 Å². The van der Waals surface area contributed by atoms with Gasteiger partial charge < -0.3 is 0 Å². The molecule has 0 atom stereocenters. The molecule has 0 saturated heterocycles. The molecule has 3 heteroatoms. The van der Waals surface area contributed by atoms with E-state index in [2.05, 4.69) is 16.6 Å². The van der Waals surface area contributed by atoms with Gasteiger partial charge in [0.15, 0.2) is 5.78 Å². The molecule has 0 aromatic carbocycles. The molecule has 0 spiro atoms. The minimum Gasteiger partial charge on any atom is -0.294 e. The lowest BCUT2D eigenvalue weighted by Gasteiger charge is -1.98. The van der Waals surface area contributed by atoms with E-state index in [4.69, 9.17) is 0 Å². The Kier molecular flexibility index (Phi) is 3.09. The molecule has 13 heavy (non-hydrogen) atoms. The van der Waals surface area contributed by atoms with Crippen LogP contribution < -0.4 is 0 Å². The molecule has 0 aliphatic rings. The Bertz CT molecular complexity index is 356. The highest BCUT2D eigenvalue weighted by Gasteiger charge is 2.04. The summed E-state index contributed by atoms with van der Waals surface area (Å²) >= 11 is 0. The van der Waals surface area contributed by atoms with Crippen molar-refractivity contribution in [3.8, 4) is 0 Å². The molecule has 0 radical (unpaired) electrons. The number of hydrogen-bond donors (Lipinski definition) is 0. The van der Waals surface area contributed by atoms with Crippen molar-refractivity contribution < 1.29 is 4.79 Å². The number of aromatic nitrogens is 1. The van der Waals surface area contributed by atoms with Gasteiger partial charge in [0.1, 0.15) is 0 Å². The van der Waals surface area contributed by atoms with Crippen molar-refractivity contribution in [1.82, 2.24) is 4.98 Å². The Morgan fingerprint density at radius 2 is 2.46 bits per heavy atom. The molecule has 1 heterocycles. The Labute approximate surface area is 76.8 Å². The highest BCUT2D eigenvalue weighted by atomic mass is 16.1. The quantitative estimate of drug-likeness (QED) is 0.518. The van der Waals surface area contributed by atoms with Crippen LogP contribution in [0.4, 0.5) is 0 Å². The summed E-state index contributed by atoms with van der Waals surface area (Å²) in [6.45, 7) is 4.94. The SMILES string of the molecule is C=CN=Cc1ncccc1C(C)=O. The molecule has 0 aliphatic carbocycles. The number of pyridine rings is 1. The average molecular weight is 174 g/mol. The van der Waals surface area contributed by atoms with Crippen molar-refractivity contribution in [3.05, 3.63) is 42.4 Å². The molecular formula is C10H10N2O. The topological polar surface area (TPSA) is 42.3 Å². The second kappa shape index (κ2) is 4.30. The van der Waals surface area contributed by atoms with Crippen molar-refractivity contribution in [3.63, 3.8) is 0 Å². The Hall–Kier alpha value is -1.77. The Balaban J connectivity index is 3.11. The summed E-state index contributed by atoms with van der Waals surface area (Å²) in [6.07, 6.45) is 4.54. The Morgan fingerprint density at radius 3 is 3.08 bits per heavy atom. The lowest BCUT2D eigenvalue weighted by Crippen LogP contribution is -2.00. The van der Waals surface area contributed by atoms with Gasteiger partial charge in [-0.2, -0.15) is 0 Å². The zero-order valence-corrected chi connectivity index (χ0v) is 7.40. The highest BCUT2D eigenvalue weighted by molar-refractivity contribution is 6.01. The third-order valence-corrected chi connectivity index (χ3v) is 1.52. The number of rotatable bonds is 3. The molecule has 1 rings (SSSR count). The van der Waals surface area contributed by atoms with Crippen LogP contribution in [-0.2, 0) is 0 Å². The van der Waals surface area contributed by atoms with Crippen LogP contribution in [0, 0.1) is 0 Å². The highest BCUT2D eigenvalue weighted by Crippen LogP contribution is 2.03. The normalized spacial score (nSPS) is 10.2. The molecule has 1 aromatic heterocycles. The largest absolute Gasteiger partial charge is 0.294 e. The van der Waals surface area contributed by atoms with Crippen molar-refractivity contribution in [1.29, 1.82) is 0 Å². The van der Waals surface area contributed by atoms with Gasteiger partial charge in [0.2, 0.25) is 0 Å². The summed E-state index contributed by atoms with van der Waals surface area (Å²) in [5.41, 5.74) is 1.16. The van der Waals surface area contributed by atoms with Crippen molar-refractivity contribution in [2.24, 2.45) is 4.99 Å². The van der Waals surface area contributed by atoms with E-state index in [0.717, 1.165) is 0 Å². The van der Waals surface area contributed by atoms with Gasteiger partial charge in [-0.15, -0.1) is 0 Å². The van der Waals surface area contributed by atoms with Crippen LogP contribution in [0.15, 0.2) is 36.1 Å². The minimum atomic E-state index is -0.0152. The fourth-order valence-corrected chi connectivity index (χ4v) is 0.941. The first-order chi connectivity index (χ1) is 6.25. The lowest BCUT2D eigenvalue weighted by molar-refractivity contribution is 0.101. The maximum Gasteiger partial charge on any atom is 0.162 e. The second-order valence-corrected chi connectivity index (χ2v) is 2.45. The predicted octanol–water partition coefficient (Wildman–Crippen LogP) is 1.85. The lowest BCUT2D eigenvalue weighted by atomic mass is 10.1. The first-order valence-corrected chi connectivity index (χ1v) is 3.85. The van der Waals surface area contributed by atoms with Gasteiger partial charge in [-0.1, -0.05) is 6.58 Å². The predicted molar refractivity (Wildman–Crippen MR) is 52.0 cm³/mol. The fourth-order valence-electron chi connectivity index (χ4n) is 0.941. The van der Waals surface area contributed by atoms with E-state index in [0.29, 0.717) is 11.3 Å². The van der Waals surface area contributed by atoms with Crippen LogP contribution in [0.1, 0.15) is 23.0 Å². The number of hydrogen-bond acceptors (Lipinski definition) is 3. The monoisotopic (exact) mass is 174 g/mol. The third-order valence-electron chi connectivity index (χ3n) is 1.52. The summed E-state index contributed by atoms with van der Waals surface area (Å²) in [7, 11) is 0. The molecule has 0 bridgehead atoms. The molecule has 3 nitrogen and oxygen atoms in total. The number of carbonyl (C=O) groups is 1. The van der Waals surface area contributed by atoms with Crippen LogP contribution in [0.5, 0.6) is 0 Å². The second-order valence-electron chi connectivity index (χ2n) is 2.45. The number of aliphatic imine (C=N–C) groups is 1. The molecule has 0 N–H and O–H groups in total. The first kappa shape index (κ1) is 9.32. The van der Waals surface area contributed by atoms with Gasteiger partial charge in [0, 0.05) is 18.0 Å². The summed E-state index contributed by atoms with van der Waals surface area (Å²) in [5.74, 6) is -0.0152. The number of Topliss-reactive ketones (excluding diaryl/α,β-unsaturated/α-hetero) is 1. The van der Waals surface area contributed by atoms with Gasteiger partial charge in [-0.05, 0) is 19.1 Å². The summed E-state index contributed by atoms with van der Waals surface area (Å²) < 4.78 is 0. The van der Waals surface area contributed by atoms with Crippen molar-refractivity contribution in [2.75, 3.05) is 0 Å². The molecule has 0 fully saturated rings. The molecule has 0 amide bonds. The summed E-state index contributed by atoms with van der Waals surface area (Å²) in [6, 6.07) is 3.45. The molecule has 0 unspecified atom stereocenters. The summed E-state index contributed by atoms with van der Waals surface area (Å²) in [5, 5.41) is 0. The first-order valence-electron chi connectivity index (χ1n) is 3.85. The average Bonchev–Trinajstić information content (AvgIpc) is 2.15. The van der Waals surface area contributed by atoms with E-state index in [1.165, 1.54) is 19.3 Å². The number of ketones is 1. The number of carbonyl (C=O) groups excluding carboxylic acids is 1. The maximum absolute atomic E-state index is 11.1. The zero-order valence-electron chi connectivity index (χ0n) is 7.40. The van der Waals surface area contributed by atoms with E-state index in [1.54, 1.807) is 18.3 Å². The number of nitrogens with zero attached hydrogens (tertiary/aromatic N) is 2. The van der Waals surface area contributed by atoms with E-state index >= 15 is 0 Å². The smallest absolute Gasteiger partial charge is 0.162 e. The van der Waals surface area contributed by atoms with Crippen LogP contribution in [-0.4, -0.2) is 17.0 Å². The Morgan fingerprint density at radius 1 is 1.69 bits per heavy atom. The van der Waals surface area contributed by atoms with E-state index in [9.17, 15) is 4.79 Å². The van der Waals surface area contributed by atoms with Crippen LogP contribution in [0.2, 0.25) is 0 Å². The fraction of sp³-hybridized carbons (Fsp3) is 0.100. The molecule has 0 aliphatic heterocycles. The van der Waals surface area contributed by atoms with Crippen molar-refractivity contribution in [2.45, 2.75) is 6.92 Å². The molecule has 66 valence electrons. The standard InChI is InChI=1S/C10H10N2O/c1-3-11-7-10-9(8(2)13)5-4-6-12-10/h3-7H,1H2,2H3. The third kappa shape index (κ3) is 2.33. The van der Waals surface area contributed by atoms with E-state index < -0.39 is 0 Å². The minimum absolute atomic E-state index is 0.0152. The van der Waals surface area contributed by atoms with Crippen molar-refractivity contribution >= 4 is 12.0 Å². The van der Waals surface area contributed by atoms with E-state index in [-0.39, 0.29) is 5.78 Å². The molecular weight excluding hydrogens is 164 g/mol. The van der Waals surface area contributed by atoms with Gasteiger partial charge in [-0.25, -0.2) is 0 Å². The van der Waals surface area contributed by atoms with Gasteiger partial charge in [-0.3, -0.25) is 14.8 Å².